The highest BCUT2D eigenvalue weighted by Gasteiger charge is 2.18. The fourth-order valence-corrected chi connectivity index (χ4v) is 1.85. The van der Waals surface area contributed by atoms with Crippen LogP contribution in [0.1, 0.15) is 12.0 Å². The van der Waals surface area contributed by atoms with Gasteiger partial charge in [0.15, 0.2) is 0 Å². The van der Waals surface area contributed by atoms with Crippen LogP contribution in [0.25, 0.3) is 0 Å². The molecule has 2 rings (SSSR count). The maximum atomic E-state index is 10.6. The van der Waals surface area contributed by atoms with E-state index >= 15 is 0 Å². The Kier molecular flexibility index (Phi) is 2.99. The lowest BCUT2D eigenvalue weighted by molar-refractivity contribution is -0.136. The Labute approximate surface area is 94.4 Å². The third kappa shape index (κ3) is 2.27. The number of rotatable bonds is 3. The smallest absolute Gasteiger partial charge is 0.305 e. The minimum atomic E-state index is -0.764. The number of carboxylic acids is 1. The van der Waals surface area contributed by atoms with Crippen LogP contribution in [0.4, 0.5) is 5.69 Å². The van der Waals surface area contributed by atoms with Gasteiger partial charge in [-0.3, -0.25) is 4.79 Å². The number of carboxylic acid groups (broad SMARTS) is 1. The summed E-state index contributed by atoms with van der Waals surface area (Å²) < 4.78 is 5.55. The Hall–Kier alpha value is -1.71. The van der Waals surface area contributed by atoms with Gasteiger partial charge in [0.2, 0.25) is 0 Å². The second-order valence-corrected chi connectivity index (χ2v) is 3.95. The summed E-state index contributed by atoms with van der Waals surface area (Å²) in [5.41, 5.74) is 2.15. The zero-order valence-electron chi connectivity index (χ0n) is 9.27. The van der Waals surface area contributed by atoms with Gasteiger partial charge in [-0.15, -0.1) is 0 Å². The Morgan fingerprint density at radius 3 is 3.12 bits per heavy atom. The average Bonchev–Trinajstić information content (AvgIpc) is 2.25. The summed E-state index contributed by atoms with van der Waals surface area (Å²) in [6, 6.07) is 6.00. The number of aryl methyl sites for hydroxylation is 1. The molecule has 16 heavy (non-hydrogen) atoms. The van der Waals surface area contributed by atoms with Gasteiger partial charge in [-0.2, -0.15) is 0 Å². The van der Waals surface area contributed by atoms with E-state index in [4.69, 9.17) is 9.84 Å². The van der Waals surface area contributed by atoms with Crippen molar-refractivity contribution in [3.63, 3.8) is 0 Å². The van der Waals surface area contributed by atoms with Gasteiger partial charge in [-0.05, 0) is 24.6 Å². The van der Waals surface area contributed by atoms with Gasteiger partial charge >= 0.3 is 5.97 Å². The molecule has 86 valence electrons. The minimum absolute atomic E-state index is 0.160. The van der Waals surface area contributed by atoms with Crippen LogP contribution in [-0.2, 0) is 4.79 Å². The second kappa shape index (κ2) is 4.43. The molecule has 1 aromatic carbocycles. The molecular weight excluding hydrogens is 206 g/mol. The number of fused-ring (bicyclic) bond motifs is 1. The standard InChI is InChI=1S/C12H15NO3/c1-9-2-3-10-11(8-9)16-7-6-13(10)5-4-12(14)15/h2-3,8H,4-7H2,1H3,(H,14,15). The zero-order valence-corrected chi connectivity index (χ0v) is 9.27. The maximum absolute atomic E-state index is 10.6. The van der Waals surface area contributed by atoms with E-state index in [1.807, 2.05) is 25.1 Å². The maximum Gasteiger partial charge on any atom is 0.305 e. The Balaban J connectivity index is 2.16. The van der Waals surface area contributed by atoms with Crippen molar-refractivity contribution in [3.8, 4) is 5.75 Å². The molecule has 0 atom stereocenters. The molecule has 4 nitrogen and oxygen atoms in total. The monoisotopic (exact) mass is 221 g/mol. The van der Waals surface area contributed by atoms with Crippen LogP contribution in [0.3, 0.4) is 0 Å². The summed E-state index contributed by atoms with van der Waals surface area (Å²) in [5.74, 6) is 0.0943. The van der Waals surface area contributed by atoms with Gasteiger partial charge in [0, 0.05) is 6.54 Å². The molecule has 0 aromatic heterocycles. The lowest BCUT2D eigenvalue weighted by Gasteiger charge is -2.31. The first-order chi connectivity index (χ1) is 7.66. The lowest BCUT2D eigenvalue weighted by Crippen LogP contribution is -2.34. The first-order valence-electron chi connectivity index (χ1n) is 5.37. The van der Waals surface area contributed by atoms with Crippen LogP contribution in [0.2, 0.25) is 0 Å². The van der Waals surface area contributed by atoms with Crippen molar-refractivity contribution in [2.45, 2.75) is 13.3 Å². The van der Waals surface area contributed by atoms with Gasteiger partial charge in [0.1, 0.15) is 12.4 Å². The normalized spacial score (nSPS) is 14.2. The molecule has 0 saturated heterocycles. The number of anilines is 1. The molecular formula is C12H15NO3. The van der Waals surface area contributed by atoms with E-state index in [0.29, 0.717) is 13.2 Å². The highest BCUT2D eigenvalue weighted by molar-refractivity contribution is 5.68. The fourth-order valence-electron chi connectivity index (χ4n) is 1.85. The van der Waals surface area contributed by atoms with Crippen LogP contribution < -0.4 is 9.64 Å². The summed E-state index contributed by atoms with van der Waals surface area (Å²) in [7, 11) is 0. The van der Waals surface area contributed by atoms with Crippen molar-refractivity contribution >= 4 is 11.7 Å². The molecule has 1 N–H and O–H groups in total. The quantitative estimate of drug-likeness (QED) is 0.843. The van der Waals surface area contributed by atoms with Crippen LogP contribution >= 0.6 is 0 Å². The topological polar surface area (TPSA) is 49.8 Å². The molecule has 0 saturated carbocycles. The number of carbonyl (C=O) groups is 1. The van der Waals surface area contributed by atoms with Crippen molar-refractivity contribution < 1.29 is 14.6 Å². The van der Waals surface area contributed by atoms with Crippen molar-refractivity contribution in [2.24, 2.45) is 0 Å². The molecule has 0 bridgehead atoms. The third-order valence-corrected chi connectivity index (χ3v) is 2.67. The van der Waals surface area contributed by atoms with E-state index in [0.717, 1.165) is 23.5 Å². The summed E-state index contributed by atoms with van der Waals surface area (Å²) in [5, 5.41) is 8.68. The number of hydrogen-bond acceptors (Lipinski definition) is 3. The highest BCUT2D eigenvalue weighted by atomic mass is 16.5. The second-order valence-electron chi connectivity index (χ2n) is 3.95. The first kappa shape index (κ1) is 10.8. The van der Waals surface area contributed by atoms with Gasteiger partial charge in [-0.25, -0.2) is 0 Å². The Morgan fingerprint density at radius 2 is 2.38 bits per heavy atom. The number of hydrogen-bond donors (Lipinski definition) is 1. The highest BCUT2D eigenvalue weighted by Crippen LogP contribution is 2.32. The first-order valence-corrected chi connectivity index (χ1v) is 5.37. The van der Waals surface area contributed by atoms with Gasteiger partial charge < -0.3 is 14.7 Å². The van der Waals surface area contributed by atoms with Crippen LogP contribution in [0, 0.1) is 6.92 Å². The Morgan fingerprint density at radius 1 is 1.56 bits per heavy atom. The van der Waals surface area contributed by atoms with E-state index in [2.05, 4.69) is 4.90 Å². The third-order valence-electron chi connectivity index (χ3n) is 2.67. The fraction of sp³-hybridized carbons (Fsp3) is 0.417. The van der Waals surface area contributed by atoms with E-state index in [9.17, 15) is 4.79 Å². The summed E-state index contributed by atoms with van der Waals surface area (Å²) in [4.78, 5) is 12.6. The predicted octanol–water partition coefficient (Wildman–Crippen LogP) is 1.67. The SMILES string of the molecule is Cc1ccc2c(c1)OCCN2CCC(=O)O. The Bertz CT molecular complexity index is 403. The molecule has 0 radical (unpaired) electrons. The van der Waals surface area contributed by atoms with Gasteiger partial charge in [0.05, 0.1) is 18.7 Å². The molecule has 1 aromatic rings. The molecule has 1 aliphatic rings. The van der Waals surface area contributed by atoms with E-state index in [-0.39, 0.29) is 6.42 Å². The van der Waals surface area contributed by atoms with Crippen molar-refractivity contribution in [3.05, 3.63) is 23.8 Å². The molecule has 0 fully saturated rings. The predicted molar refractivity (Wildman–Crippen MR) is 61.1 cm³/mol. The number of nitrogens with zero attached hydrogens (tertiary/aromatic N) is 1. The number of benzene rings is 1. The molecule has 0 aliphatic carbocycles. The van der Waals surface area contributed by atoms with Gasteiger partial charge in [0.25, 0.3) is 0 Å². The average molecular weight is 221 g/mol. The number of ether oxygens (including phenoxy) is 1. The lowest BCUT2D eigenvalue weighted by atomic mass is 10.1. The molecule has 0 spiro atoms. The van der Waals surface area contributed by atoms with E-state index < -0.39 is 5.97 Å². The molecule has 0 unspecified atom stereocenters. The van der Waals surface area contributed by atoms with E-state index in [1.54, 1.807) is 0 Å². The van der Waals surface area contributed by atoms with Crippen LogP contribution in [0.15, 0.2) is 18.2 Å². The van der Waals surface area contributed by atoms with Crippen molar-refractivity contribution in [1.29, 1.82) is 0 Å². The van der Waals surface area contributed by atoms with Gasteiger partial charge in [-0.1, -0.05) is 6.07 Å². The summed E-state index contributed by atoms with van der Waals surface area (Å²) in [6.07, 6.45) is 0.160. The van der Waals surface area contributed by atoms with E-state index in [1.165, 1.54) is 0 Å². The van der Waals surface area contributed by atoms with Crippen LogP contribution in [-0.4, -0.2) is 30.8 Å². The molecule has 0 amide bonds. The van der Waals surface area contributed by atoms with Crippen molar-refractivity contribution in [1.82, 2.24) is 0 Å². The molecule has 4 heteroatoms. The largest absolute Gasteiger partial charge is 0.490 e. The molecule has 1 aliphatic heterocycles. The summed E-state index contributed by atoms with van der Waals surface area (Å²) >= 11 is 0. The molecule has 1 heterocycles. The zero-order chi connectivity index (χ0) is 11.5. The summed E-state index contributed by atoms with van der Waals surface area (Å²) in [6.45, 7) is 3.92. The van der Waals surface area contributed by atoms with Crippen molar-refractivity contribution in [2.75, 3.05) is 24.6 Å². The number of aliphatic carboxylic acids is 1. The minimum Gasteiger partial charge on any atom is -0.490 e. The van der Waals surface area contributed by atoms with Crippen LogP contribution in [0.5, 0.6) is 5.75 Å².